The maximum atomic E-state index is 12.4. The number of nitrogens with one attached hydrogen (secondary N) is 8. The number of carbonyl (C=O) groups is 6. The summed E-state index contributed by atoms with van der Waals surface area (Å²) in [5, 5.41) is 59.3. The van der Waals surface area contributed by atoms with Crippen LogP contribution in [0.15, 0.2) is 58.1 Å². The fourth-order valence-electron chi connectivity index (χ4n) is 7.44. The van der Waals surface area contributed by atoms with E-state index in [1.54, 1.807) is 24.3 Å². The number of H-pyrrole nitrogens is 2. The van der Waals surface area contributed by atoms with E-state index in [4.69, 9.17) is 11.5 Å². The number of carboxylic acids is 4. The van der Waals surface area contributed by atoms with Crippen molar-refractivity contribution in [1.82, 2.24) is 30.6 Å². The number of hydrogen-bond donors (Lipinski definition) is 12. The van der Waals surface area contributed by atoms with Gasteiger partial charge < -0.3 is 83.2 Å². The van der Waals surface area contributed by atoms with Gasteiger partial charge >= 0.3 is 49.7 Å². The number of likely N-dealkylation sites (N-methyl/N-ethyl adjacent to an activating group) is 2. The van der Waals surface area contributed by atoms with E-state index in [9.17, 15) is 58.8 Å². The van der Waals surface area contributed by atoms with Gasteiger partial charge in [-0.2, -0.15) is 9.97 Å². The van der Waals surface area contributed by atoms with Gasteiger partial charge in [-0.15, -0.1) is 0 Å². The number of fused-ring (bicyclic) bond motifs is 2. The molecule has 14 N–H and O–H groups in total. The van der Waals surface area contributed by atoms with Gasteiger partial charge in [-0.1, -0.05) is 26.7 Å². The van der Waals surface area contributed by atoms with Crippen LogP contribution >= 0.6 is 0 Å². The van der Waals surface area contributed by atoms with Crippen molar-refractivity contribution in [3.63, 3.8) is 0 Å². The number of nitrogen functional groups attached to an aromatic ring is 2. The third kappa shape index (κ3) is 12.2. The molecule has 4 heterocycles. The topological polar surface area (TPSA) is 411 Å². The molecule has 4 unspecified atom stereocenters. The van der Waals surface area contributed by atoms with E-state index in [0.29, 0.717) is 37.1 Å². The maximum absolute atomic E-state index is 12.4. The van der Waals surface area contributed by atoms with Gasteiger partial charge in [0.2, 0.25) is 11.9 Å². The summed E-state index contributed by atoms with van der Waals surface area (Å²) in [6.07, 6.45) is 1.82. The first-order chi connectivity index (χ1) is 32.2. The molecule has 26 nitrogen and oxygen atoms in total. The van der Waals surface area contributed by atoms with Crippen molar-refractivity contribution in [1.29, 1.82) is 0 Å². The first kappa shape index (κ1) is 54.3. The number of nitrogens with zero attached hydrogens (tertiary/aromatic N) is 4. The molecule has 0 spiro atoms. The average molecular weight is 985 g/mol. The van der Waals surface area contributed by atoms with Crippen LogP contribution in [-0.2, 0) is 19.2 Å². The zero-order valence-corrected chi connectivity index (χ0v) is 40.3. The second-order valence-electron chi connectivity index (χ2n) is 15.9. The van der Waals surface area contributed by atoms with E-state index in [2.05, 4.69) is 51.8 Å². The molecule has 2 aromatic carbocycles. The number of carboxylic acid groups (broad SMARTS) is 4. The van der Waals surface area contributed by atoms with Crippen LogP contribution in [0.2, 0.25) is 0 Å². The van der Waals surface area contributed by atoms with E-state index >= 15 is 0 Å². The molecule has 2 aliphatic rings. The molecule has 0 saturated heterocycles. The monoisotopic (exact) mass is 984 g/mol. The van der Waals surface area contributed by atoms with Crippen LogP contribution in [0.4, 0.5) is 46.3 Å². The van der Waals surface area contributed by atoms with Gasteiger partial charge in [0, 0.05) is 62.8 Å². The number of amides is 2. The minimum absolute atomic E-state index is 0. The predicted molar refractivity (Wildman–Crippen MR) is 251 cm³/mol. The van der Waals surface area contributed by atoms with Crippen LogP contribution < -0.4 is 74.5 Å². The first-order valence-corrected chi connectivity index (χ1v) is 21.1. The van der Waals surface area contributed by atoms with Gasteiger partial charge in [0.15, 0.2) is 11.6 Å². The molecule has 69 heavy (non-hydrogen) atoms. The van der Waals surface area contributed by atoms with Crippen molar-refractivity contribution in [3.05, 3.63) is 80.4 Å². The molecule has 0 radical (unpaired) electrons. The molecule has 0 aliphatic carbocycles. The Bertz CT molecular complexity index is 2490. The third-order valence-electron chi connectivity index (χ3n) is 11.5. The van der Waals surface area contributed by atoms with Gasteiger partial charge in [0.05, 0.1) is 11.9 Å². The number of aliphatic carboxylic acids is 4. The van der Waals surface area contributed by atoms with Crippen LogP contribution in [0.1, 0.15) is 60.2 Å². The molecule has 2 aromatic heterocycles. The van der Waals surface area contributed by atoms with Gasteiger partial charge in [-0.05, 0) is 61.4 Å². The Balaban J connectivity index is 0.000000296. The first-order valence-electron chi connectivity index (χ1n) is 21.1. The number of benzene rings is 2. The van der Waals surface area contributed by atoms with Crippen molar-refractivity contribution < 1.29 is 49.2 Å². The maximum Gasteiger partial charge on any atom is 2.00 e. The Hall–Kier alpha value is -7.32. The Morgan fingerprint density at radius 3 is 1.29 bits per heavy atom. The zero-order valence-electron chi connectivity index (χ0n) is 38.1. The number of hydrogen-bond acceptors (Lipinski definition) is 20. The minimum Gasteiger partial charge on any atom is -0.547 e. The van der Waals surface area contributed by atoms with E-state index < -0.39 is 70.0 Å². The fraction of sp³-hybridized carbons (Fsp3) is 0.381. The SMILES string of the molecule is CCCC(NC(=O)c1ccc(NCC2(C(=O)[O-])CNc3nc(N)[nH]c(=O)c3N2C)cc1)C(=O)O.CCCC(NC(=O)c1ccc(NCC2(C(=O)[O-])CNc3nc(N)[nH]c(=O)c3N2C)cc1)C(=O)O.[Ca+2]. The molecule has 364 valence electrons. The number of carbonyl (C=O) groups excluding carboxylic acids is 4. The van der Waals surface area contributed by atoms with Gasteiger partial charge in [-0.3, -0.25) is 29.1 Å². The van der Waals surface area contributed by atoms with Crippen molar-refractivity contribution >= 4 is 120 Å². The summed E-state index contributed by atoms with van der Waals surface area (Å²) >= 11 is 0. The summed E-state index contributed by atoms with van der Waals surface area (Å²) in [6.45, 7) is 3.12. The molecule has 27 heteroatoms. The zero-order chi connectivity index (χ0) is 50.1. The molecule has 2 aliphatic heterocycles. The quantitative estimate of drug-likeness (QED) is 0.0449. The van der Waals surface area contributed by atoms with Crippen molar-refractivity contribution in [2.75, 3.05) is 82.8 Å². The van der Waals surface area contributed by atoms with E-state index in [-0.39, 0.29) is 110 Å². The van der Waals surface area contributed by atoms with Crippen LogP contribution in [0.5, 0.6) is 0 Å². The normalized spacial score (nSPS) is 17.5. The number of anilines is 8. The third-order valence-corrected chi connectivity index (χ3v) is 11.5. The summed E-state index contributed by atoms with van der Waals surface area (Å²) in [5.41, 5.74) is 8.19. The second kappa shape index (κ2) is 23.1. The fourth-order valence-corrected chi connectivity index (χ4v) is 7.44. The van der Waals surface area contributed by atoms with Gasteiger partial charge in [-0.25, -0.2) is 9.59 Å². The molecule has 2 amide bonds. The largest absolute Gasteiger partial charge is 2.00 e. The average Bonchev–Trinajstić information content (AvgIpc) is 3.28. The van der Waals surface area contributed by atoms with Crippen LogP contribution in [0.25, 0.3) is 0 Å². The summed E-state index contributed by atoms with van der Waals surface area (Å²) in [7, 11) is 2.90. The van der Waals surface area contributed by atoms with Crippen molar-refractivity contribution in [2.24, 2.45) is 0 Å². The Kier molecular flexibility index (Phi) is 18.2. The molecule has 0 bridgehead atoms. The Labute approximate surface area is 423 Å². The van der Waals surface area contributed by atoms with Crippen LogP contribution in [-0.4, -0.2) is 167 Å². The van der Waals surface area contributed by atoms with E-state index in [1.807, 2.05) is 13.8 Å². The van der Waals surface area contributed by atoms with E-state index in [0.717, 1.165) is 0 Å². The number of rotatable bonds is 18. The smallest absolute Gasteiger partial charge is 0.547 e. The molecular formula is C42H52CaN14O12. The minimum atomic E-state index is -1.64. The second-order valence-corrected chi connectivity index (χ2v) is 15.9. The molecule has 4 aromatic rings. The molecule has 0 fully saturated rings. The van der Waals surface area contributed by atoms with Crippen LogP contribution in [0, 0.1) is 0 Å². The van der Waals surface area contributed by atoms with Crippen molar-refractivity contribution in [3.8, 4) is 0 Å². The number of aromatic nitrogens is 4. The predicted octanol–water partition coefficient (Wildman–Crippen LogP) is -2.79. The molecule has 6 rings (SSSR count). The molecular weight excluding hydrogens is 933 g/mol. The Morgan fingerprint density at radius 1 is 0.667 bits per heavy atom. The Morgan fingerprint density at radius 2 is 1.00 bits per heavy atom. The van der Waals surface area contributed by atoms with Gasteiger partial charge in [0.1, 0.15) is 34.5 Å². The summed E-state index contributed by atoms with van der Waals surface area (Å²) in [6, 6.07) is 10.2. The van der Waals surface area contributed by atoms with Crippen LogP contribution in [0.3, 0.4) is 0 Å². The molecule has 4 atom stereocenters. The molecule has 0 saturated carbocycles. The number of nitrogens with two attached hydrogens (primary N) is 2. The summed E-state index contributed by atoms with van der Waals surface area (Å²) in [5.74, 6) is -5.97. The van der Waals surface area contributed by atoms with Gasteiger partial charge in [0.25, 0.3) is 22.9 Å². The summed E-state index contributed by atoms with van der Waals surface area (Å²) in [4.78, 5) is 112. The van der Waals surface area contributed by atoms with E-state index in [1.165, 1.54) is 48.2 Å². The standard InChI is InChI=1S/2C21H27N7O6.Ca/c2*1-3-4-13(18(31)32)25-16(29)11-5-7-12(8-6-11)23-9-21(19(33)34)10-24-15-14(28(21)2)17(30)27-20(22)26-15;/h2*5-8,13,23H,3-4,9-10H2,1-2H3,(H,25,29)(H,31,32)(H,33,34)(H4,22,24,26,27,30);/q;;+2/p-2. The van der Waals surface area contributed by atoms with Crippen molar-refractivity contribution in [2.45, 2.75) is 62.7 Å². The summed E-state index contributed by atoms with van der Waals surface area (Å²) < 4.78 is 0. The number of aromatic amines is 2.